The third-order valence-electron chi connectivity index (χ3n) is 3.05. The van der Waals surface area contributed by atoms with Gasteiger partial charge in [0.25, 0.3) is 0 Å². The minimum atomic E-state index is 0.200. The van der Waals surface area contributed by atoms with Gasteiger partial charge in [-0.25, -0.2) is 0 Å². The Labute approximate surface area is 101 Å². The van der Waals surface area contributed by atoms with Gasteiger partial charge in [-0.05, 0) is 19.1 Å². The van der Waals surface area contributed by atoms with E-state index in [1.165, 1.54) is 0 Å². The monoisotopic (exact) mass is 225 g/mol. The Kier molecular flexibility index (Phi) is 3.24. The van der Waals surface area contributed by atoms with Crippen molar-refractivity contribution in [1.82, 2.24) is 4.98 Å². The average molecular weight is 225 g/mol. The summed E-state index contributed by atoms with van der Waals surface area (Å²) in [6.45, 7) is 2.05. The van der Waals surface area contributed by atoms with Crippen molar-refractivity contribution >= 4 is 16.6 Å². The summed E-state index contributed by atoms with van der Waals surface area (Å²) in [4.78, 5) is 6.47. The van der Waals surface area contributed by atoms with Gasteiger partial charge in [0.2, 0.25) is 0 Å². The van der Waals surface area contributed by atoms with Crippen molar-refractivity contribution in [3.05, 3.63) is 36.5 Å². The second-order valence-corrected chi connectivity index (χ2v) is 4.17. The van der Waals surface area contributed by atoms with Crippen LogP contribution in [0.3, 0.4) is 0 Å². The van der Waals surface area contributed by atoms with Crippen LogP contribution in [-0.2, 0) is 0 Å². The summed E-state index contributed by atoms with van der Waals surface area (Å²) in [7, 11) is 2.02. The number of nitriles is 1. The van der Waals surface area contributed by atoms with E-state index in [-0.39, 0.29) is 6.04 Å². The van der Waals surface area contributed by atoms with Crippen LogP contribution in [0.15, 0.2) is 36.5 Å². The predicted octanol–water partition coefficient (Wildman–Crippen LogP) is 2.97. The van der Waals surface area contributed by atoms with Crippen LogP contribution < -0.4 is 4.90 Å². The first kappa shape index (κ1) is 11.4. The number of nitrogens with zero attached hydrogens (tertiary/aromatic N) is 3. The molecule has 2 rings (SSSR count). The van der Waals surface area contributed by atoms with Gasteiger partial charge in [0.1, 0.15) is 0 Å². The Hall–Kier alpha value is -2.08. The molecule has 0 aliphatic carbocycles. The Bertz CT molecular complexity index is 551. The number of hydrogen-bond acceptors (Lipinski definition) is 3. The van der Waals surface area contributed by atoms with E-state index in [1.54, 1.807) is 0 Å². The van der Waals surface area contributed by atoms with Crippen molar-refractivity contribution in [2.24, 2.45) is 0 Å². The van der Waals surface area contributed by atoms with Gasteiger partial charge in [-0.2, -0.15) is 5.26 Å². The van der Waals surface area contributed by atoms with Crippen molar-refractivity contribution < 1.29 is 0 Å². The van der Waals surface area contributed by atoms with Crippen molar-refractivity contribution in [3.8, 4) is 6.07 Å². The summed E-state index contributed by atoms with van der Waals surface area (Å²) in [6.07, 6.45) is 2.33. The van der Waals surface area contributed by atoms with Gasteiger partial charge in [0.15, 0.2) is 0 Å². The lowest BCUT2D eigenvalue weighted by Crippen LogP contribution is -2.28. The molecule has 3 heteroatoms. The lowest BCUT2D eigenvalue weighted by Gasteiger charge is -2.26. The maximum atomic E-state index is 8.76. The highest BCUT2D eigenvalue weighted by Crippen LogP contribution is 2.25. The van der Waals surface area contributed by atoms with Crippen LogP contribution in [-0.4, -0.2) is 18.1 Å². The number of hydrogen-bond donors (Lipinski definition) is 0. The first-order chi connectivity index (χ1) is 8.24. The topological polar surface area (TPSA) is 39.9 Å². The Morgan fingerprint density at radius 2 is 2.12 bits per heavy atom. The van der Waals surface area contributed by atoms with Gasteiger partial charge in [-0.15, -0.1) is 0 Å². The van der Waals surface area contributed by atoms with Crippen LogP contribution in [0.4, 0.5) is 5.69 Å². The van der Waals surface area contributed by atoms with Crippen LogP contribution in [0.5, 0.6) is 0 Å². The maximum absolute atomic E-state index is 8.76. The minimum absolute atomic E-state index is 0.200. The molecular formula is C14H15N3. The average Bonchev–Trinajstić information content (AvgIpc) is 2.37. The van der Waals surface area contributed by atoms with E-state index in [0.717, 1.165) is 16.6 Å². The van der Waals surface area contributed by atoms with Crippen LogP contribution in [0.2, 0.25) is 0 Å². The molecular weight excluding hydrogens is 210 g/mol. The first-order valence-electron chi connectivity index (χ1n) is 5.67. The molecule has 1 aromatic heterocycles. The SMILES string of the molecule is CC(CC#N)N(C)c1ccnc2ccccc12. The smallest absolute Gasteiger partial charge is 0.0722 e. The lowest BCUT2D eigenvalue weighted by atomic mass is 10.1. The molecule has 0 spiro atoms. The van der Waals surface area contributed by atoms with Crippen molar-refractivity contribution in [1.29, 1.82) is 5.26 Å². The third-order valence-corrected chi connectivity index (χ3v) is 3.05. The fourth-order valence-electron chi connectivity index (χ4n) is 1.89. The zero-order valence-corrected chi connectivity index (χ0v) is 10.1. The van der Waals surface area contributed by atoms with E-state index in [2.05, 4.69) is 28.9 Å². The zero-order chi connectivity index (χ0) is 12.3. The zero-order valence-electron chi connectivity index (χ0n) is 10.1. The molecule has 0 aliphatic rings. The van der Waals surface area contributed by atoms with Gasteiger partial charge >= 0.3 is 0 Å². The molecule has 17 heavy (non-hydrogen) atoms. The van der Waals surface area contributed by atoms with E-state index < -0.39 is 0 Å². The van der Waals surface area contributed by atoms with E-state index in [4.69, 9.17) is 5.26 Å². The van der Waals surface area contributed by atoms with Gasteiger partial charge in [0.05, 0.1) is 18.0 Å². The summed E-state index contributed by atoms with van der Waals surface area (Å²) in [5.74, 6) is 0. The Morgan fingerprint density at radius 3 is 2.88 bits per heavy atom. The fraction of sp³-hybridized carbons (Fsp3) is 0.286. The Morgan fingerprint density at radius 1 is 1.35 bits per heavy atom. The second kappa shape index (κ2) is 4.84. The van der Waals surface area contributed by atoms with Crippen molar-refractivity contribution in [2.45, 2.75) is 19.4 Å². The molecule has 0 saturated heterocycles. The molecule has 1 heterocycles. The highest BCUT2D eigenvalue weighted by molar-refractivity contribution is 5.91. The fourth-order valence-corrected chi connectivity index (χ4v) is 1.89. The molecule has 0 bridgehead atoms. The molecule has 0 aliphatic heterocycles. The van der Waals surface area contributed by atoms with Crippen LogP contribution in [0, 0.1) is 11.3 Å². The molecule has 1 unspecified atom stereocenters. The predicted molar refractivity (Wildman–Crippen MR) is 69.8 cm³/mol. The highest BCUT2D eigenvalue weighted by atomic mass is 15.1. The summed E-state index contributed by atoms with van der Waals surface area (Å²) in [6, 6.07) is 12.5. The van der Waals surface area contributed by atoms with E-state index in [0.29, 0.717) is 6.42 Å². The lowest BCUT2D eigenvalue weighted by molar-refractivity contribution is 0.704. The third kappa shape index (κ3) is 2.21. The van der Waals surface area contributed by atoms with Crippen LogP contribution in [0.1, 0.15) is 13.3 Å². The summed E-state index contributed by atoms with van der Waals surface area (Å²) >= 11 is 0. The summed E-state index contributed by atoms with van der Waals surface area (Å²) < 4.78 is 0. The normalized spacial score (nSPS) is 12.1. The van der Waals surface area contributed by atoms with E-state index >= 15 is 0 Å². The molecule has 86 valence electrons. The van der Waals surface area contributed by atoms with Gasteiger partial charge in [-0.3, -0.25) is 4.98 Å². The molecule has 0 saturated carbocycles. The van der Waals surface area contributed by atoms with E-state index in [9.17, 15) is 0 Å². The summed E-state index contributed by atoms with van der Waals surface area (Å²) in [5.41, 5.74) is 2.11. The minimum Gasteiger partial charge on any atom is -0.370 e. The second-order valence-electron chi connectivity index (χ2n) is 4.17. The maximum Gasteiger partial charge on any atom is 0.0722 e. The molecule has 0 fully saturated rings. The van der Waals surface area contributed by atoms with Gasteiger partial charge in [0, 0.05) is 30.4 Å². The molecule has 3 nitrogen and oxygen atoms in total. The number of pyridine rings is 1. The number of fused-ring (bicyclic) bond motifs is 1. The standard InChI is InChI=1S/C14H15N3/c1-11(7-9-15)17(2)14-8-10-16-13-6-4-3-5-12(13)14/h3-6,8,10-11H,7H2,1-2H3. The molecule has 0 N–H and O–H groups in total. The molecule has 0 amide bonds. The molecule has 1 atom stereocenters. The van der Waals surface area contributed by atoms with Gasteiger partial charge < -0.3 is 4.90 Å². The first-order valence-corrected chi connectivity index (χ1v) is 5.67. The molecule has 0 radical (unpaired) electrons. The van der Waals surface area contributed by atoms with Crippen molar-refractivity contribution in [2.75, 3.05) is 11.9 Å². The van der Waals surface area contributed by atoms with Crippen LogP contribution in [0.25, 0.3) is 10.9 Å². The number of anilines is 1. The molecule has 2 aromatic rings. The number of para-hydroxylation sites is 1. The summed E-state index contributed by atoms with van der Waals surface area (Å²) in [5, 5.41) is 9.88. The number of benzene rings is 1. The van der Waals surface area contributed by atoms with E-state index in [1.807, 2.05) is 37.5 Å². The number of aromatic nitrogens is 1. The Balaban J connectivity index is 2.45. The molecule has 1 aromatic carbocycles. The largest absolute Gasteiger partial charge is 0.370 e. The highest BCUT2D eigenvalue weighted by Gasteiger charge is 2.12. The quantitative estimate of drug-likeness (QED) is 0.806. The van der Waals surface area contributed by atoms with Crippen molar-refractivity contribution in [3.63, 3.8) is 0 Å². The van der Waals surface area contributed by atoms with Gasteiger partial charge in [-0.1, -0.05) is 18.2 Å². The number of rotatable bonds is 3. The van der Waals surface area contributed by atoms with Crippen LogP contribution >= 0.6 is 0 Å².